The summed E-state index contributed by atoms with van der Waals surface area (Å²) in [5, 5.41) is 13.1. The number of hydrogen-bond donors (Lipinski definition) is 2. The molecule has 1 aliphatic heterocycles. The molecule has 1 heterocycles. The molecule has 1 aliphatic rings. The quantitative estimate of drug-likeness (QED) is 0.846. The van der Waals surface area contributed by atoms with Crippen LogP contribution in [-0.2, 0) is 11.3 Å². The van der Waals surface area contributed by atoms with Crippen molar-refractivity contribution < 1.29 is 9.84 Å². The second-order valence-electron chi connectivity index (χ2n) is 4.65. The molecule has 1 aromatic carbocycles. The zero-order chi connectivity index (χ0) is 13.0. The van der Waals surface area contributed by atoms with Crippen LogP contribution in [0, 0.1) is 0 Å². The van der Waals surface area contributed by atoms with E-state index in [9.17, 15) is 5.11 Å². The number of aliphatic hydroxyl groups is 1. The summed E-state index contributed by atoms with van der Waals surface area (Å²) in [5.41, 5.74) is 1.02. The van der Waals surface area contributed by atoms with Crippen LogP contribution in [0.15, 0.2) is 27.1 Å². The van der Waals surface area contributed by atoms with Crippen LogP contribution >= 0.6 is 31.9 Å². The van der Waals surface area contributed by atoms with Crippen LogP contribution < -0.4 is 5.32 Å². The van der Waals surface area contributed by atoms with Crippen molar-refractivity contribution in [3.8, 4) is 0 Å². The Bertz CT molecular complexity index is 406. The molecular formula is C13H17Br2NO2. The molecule has 5 heteroatoms. The van der Waals surface area contributed by atoms with Gasteiger partial charge in [0.1, 0.15) is 0 Å². The monoisotopic (exact) mass is 377 g/mol. The van der Waals surface area contributed by atoms with Crippen molar-refractivity contribution in [1.29, 1.82) is 0 Å². The minimum absolute atomic E-state index is 0.161. The van der Waals surface area contributed by atoms with Crippen LogP contribution in [0.1, 0.15) is 18.4 Å². The molecule has 18 heavy (non-hydrogen) atoms. The van der Waals surface area contributed by atoms with E-state index in [0.717, 1.165) is 41.5 Å². The lowest BCUT2D eigenvalue weighted by Gasteiger charge is -2.36. The average Bonchev–Trinajstić information content (AvgIpc) is 2.41. The normalized spacial score (nSPS) is 18.8. The fraction of sp³-hybridized carbons (Fsp3) is 0.538. The number of rotatable bonds is 4. The Morgan fingerprint density at radius 3 is 2.56 bits per heavy atom. The lowest BCUT2D eigenvalue weighted by Crippen LogP contribution is -2.51. The molecule has 2 N–H and O–H groups in total. The predicted octanol–water partition coefficient (Wildman–Crippen LogP) is 2.84. The van der Waals surface area contributed by atoms with Crippen LogP contribution in [0.2, 0.25) is 0 Å². The molecule has 0 saturated carbocycles. The summed E-state index contributed by atoms with van der Waals surface area (Å²) in [6.07, 6.45) is 1.72. The summed E-state index contributed by atoms with van der Waals surface area (Å²) in [6.45, 7) is 2.36. The van der Waals surface area contributed by atoms with Gasteiger partial charge in [0.05, 0.1) is 6.61 Å². The molecule has 1 saturated heterocycles. The summed E-state index contributed by atoms with van der Waals surface area (Å²) in [5.74, 6) is 0. The van der Waals surface area contributed by atoms with Crippen LogP contribution in [0.5, 0.6) is 0 Å². The maximum atomic E-state index is 9.58. The first kappa shape index (κ1) is 14.5. The second-order valence-corrected chi connectivity index (χ2v) is 6.36. The predicted molar refractivity (Wildman–Crippen MR) is 78.6 cm³/mol. The van der Waals surface area contributed by atoms with Crippen molar-refractivity contribution in [1.82, 2.24) is 5.32 Å². The van der Waals surface area contributed by atoms with Gasteiger partial charge >= 0.3 is 0 Å². The Hall–Kier alpha value is 0.0600. The minimum Gasteiger partial charge on any atom is -0.394 e. The Balaban J connectivity index is 1.98. The summed E-state index contributed by atoms with van der Waals surface area (Å²) >= 11 is 6.96. The van der Waals surface area contributed by atoms with E-state index in [1.54, 1.807) is 0 Å². The lowest BCUT2D eigenvalue weighted by atomic mass is 9.91. The molecule has 0 radical (unpaired) electrons. The molecule has 0 amide bonds. The van der Waals surface area contributed by atoms with Gasteiger partial charge in [0.2, 0.25) is 0 Å². The third kappa shape index (κ3) is 3.54. The van der Waals surface area contributed by atoms with E-state index in [0.29, 0.717) is 0 Å². The van der Waals surface area contributed by atoms with Crippen molar-refractivity contribution in [3.05, 3.63) is 32.7 Å². The van der Waals surface area contributed by atoms with Crippen LogP contribution in [0.25, 0.3) is 0 Å². The molecule has 0 spiro atoms. The zero-order valence-electron chi connectivity index (χ0n) is 10.1. The molecule has 2 rings (SSSR count). The number of ether oxygens (including phenoxy) is 1. The highest BCUT2D eigenvalue weighted by Gasteiger charge is 2.31. The summed E-state index contributed by atoms with van der Waals surface area (Å²) < 4.78 is 7.45. The Morgan fingerprint density at radius 1 is 1.22 bits per heavy atom. The third-order valence-corrected chi connectivity index (χ3v) is 5.28. The van der Waals surface area contributed by atoms with E-state index in [1.165, 1.54) is 5.56 Å². The Kier molecular flexibility index (Phi) is 5.21. The van der Waals surface area contributed by atoms with Gasteiger partial charge in [-0.3, -0.25) is 0 Å². The van der Waals surface area contributed by atoms with Crippen LogP contribution in [0.3, 0.4) is 0 Å². The second kappa shape index (κ2) is 6.48. The lowest BCUT2D eigenvalue weighted by molar-refractivity contribution is 0.0111. The van der Waals surface area contributed by atoms with Crippen molar-refractivity contribution in [2.75, 3.05) is 19.8 Å². The fourth-order valence-electron chi connectivity index (χ4n) is 2.09. The molecule has 0 bridgehead atoms. The van der Waals surface area contributed by atoms with Crippen LogP contribution in [-0.4, -0.2) is 30.5 Å². The molecule has 0 unspecified atom stereocenters. The van der Waals surface area contributed by atoms with E-state index >= 15 is 0 Å². The van der Waals surface area contributed by atoms with Gasteiger partial charge in [0.25, 0.3) is 0 Å². The first-order valence-corrected chi connectivity index (χ1v) is 7.61. The van der Waals surface area contributed by atoms with Gasteiger partial charge in [-0.15, -0.1) is 0 Å². The van der Waals surface area contributed by atoms with E-state index in [-0.39, 0.29) is 12.1 Å². The van der Waals surface area contributed by atoms with Crippen molar-refractivity contribution in [3.63, 3.8) is 0 Å². The van der Waals surface area contributed by atoms with E-state index < -0.39 is 0 Å². The van der Waals surface area contributed by atoms with Crippen LogP contribution in [0.4, 0.5) is 0 Å². The number of halogens is 2. The Morgan fingerprint density at radius 2 is 1.94 bits per heavy atom. The number of nitrogens with one attached hydrogen (secondary N) is 1. The van der Waals surface area contributed by atoms with Gasteiger partial charge in [0, 0.05) is 34.2 Å². The average molecular weight is 379 g/mol. The molecular weight excluding hydrogens is 362 g/mol. The van der Waals surface area contributed by atoms with E-state index in [1.807, 2.05) is 6.07 Å². The zero-order valence-corrected chi connectivity index (χ0v) is 13.3. The largest absolute Gasteiger partial charge is 0.394 e. The van der Waals surface area contributed by atoms with E-state index in [2.05, 4.69) is 49.3 Å². The topological polar surface area (TPSA) is 41.5 Å². The summed E-state index contributed by atoms with van der Waals surface area (Å²) in [7, 11) is 0. The van der Waals surface area contributed by atoms with E-state index in [4.69, 9.17) is 4.74 Å². The molecule has 100 valence electrons. The van der Waals surface area contributed by atoms with Gasteiger partial charge in [-0.05, 0) is 62.4 Å². The molecule has 1 fully saturated rings. The number of hydrogen-bond acceptors (Lipinski definition) is 3. The van der Waals surface area contributed by atoms with Gasteiger partial charge in [0.15, 0.2) is 0 Å². The van der Waals surface area contributed by atoms with Crippen molar-refractivity contribution in [2.24, 2.45) is 0 Å². The standard InChI is InChI=1S/C13H17Br2NO2/c14-11-2-1-10(7-12(11)15)8-16-13(9-17)3-5-18-6-4-13/h1-2,7,16-17H,3-6,8-9H2. The maximum absolute atomic E-state index is 9.58. The number of aliphatic hydroxyl groups excluding tert-OH is 1. The highest BCUT2D eigenvalue weighted by Crippen LogP contribution is 2.25. The highest BCUT2D eigenvalue weighted by molar-refractivity contribution is 9.13. The number of benzene rings is 1. The van der Waals surface area contributed by atoms with Crippen molar-refractivity contribution >= 4 is 31.9 Å². The van der Waals surface area contributed by atoms with Crippen molar-refractivity contribution in [2.45, 2.75) is 24.9 Å². The molecule has 3 nitrogen and oxygen atoms in total. The van der Waals surface area contributed by atoms with Gasteiger partial charge in [-0.2, -0.15) is 0 Å². The first-order chi connectivity index (χ1) is 8.65. The third-order valence-electron chi connectivity index (χ3n) is 3.40. The fourth-order valence-corrected chi connectivity index (χ4v) is 2.76. The molecule has 0 atom stereocenters. The first-order valence-electron chi connectivity index (χ1n) is 6.03. The highest BCUT2D eigenvalue weighted by atomic mass is 79.9. The van der Waals surface area contributed by atoms with Gasteiger partial charge < -0.3 is 15.2 Å². The molecule has 0 aromatic heterocycles. The maximum Gasteiger partial charge on any atom is 0.0615 e. The Labute approximate surface area is 124 Å². The SMILES string of the molecule is OCC1(NCc2ccc(Br)c(Br)c2)CCOCC1. The summed E-state index contributed by atoms with van der Waals surface area (Å²) in [4.78, 5) is 0. The summed E-state index contributed by atoms with van der Waals surface area (Å²) in [6, 6.07) is 6.18. The van der Waals surface area contributed by atoms with Gasteiger partial charge in [-0.1, -0.05) is 6.07 Å². The van der Waals surface area contributed by atoms with Gasteiger partial charge in [-0.25, -0.2) is 0 Å². The molecule has 1 aromatic rings. The molecule has 0 aliphatic carbocycles. The smallest absolute Gasteiger partial charge is 0.0615 e. The minimum atomic E-state index is -0.183.